The van der Waals surface area contributed by atoms with Crippen molar-refractivity contribution in [3.8, 4) is 0 Å². The summed E-state index contributed by atoms with van der Waals surface area (Å²) in [5, 5.41) is 16.7. The van der Waals surface area contributed by atoms with Gasteiger partial charge in [0.05, 0.1) is 11.1 Å². The van der Waals surface area contributed by atoms with Crippen LogP contribution in [0.4, 0.5) is 13.2 Å². The lowest BCUT2D eigenvalue weighted by Crippen LogP contribution is -2.43. The molecule has 18 heavy (non-hydrogen) atoms. The second-order valence-corrected chi connectivity index (χ2v) is 5.09. The number of hydrogen-bond donors (Lipinski definition) is 1. The highest BCUT2D eigenvalue weighted by Crippen LogP contribution is 2.39. The van der Waals surface area contributed by atoms with Crippen LogP contribution in [0.2, 0.25) is 0 Å². The molecule has 0 aliphatic carbocycles. The lowest BCUT2D eigenvalue weighted by atomic mass is 10.0. The predicted molar refractivity (Wildman–Crippen MR) is 63.6 cm³/mol. The Bertz CT molecular complexity index is 412. The van der Waals surface area contributed by atoms with Crippen LogP contribution in [0.25, 0.3) is 0 Å². The first-order valence-electron chi connectivity index (χ1n) is 5.57. The van der Waals surface area contributed by atoms with Crippen molar-refractivity contribution < 1.29 is 18.3 Å². The Kier molecular flexibility index (Phi) is 3.63. The van der Waals surface area contributed by atoms with Gasteiger partial charge in [0.15, 0.2) is 0 Å². The molecule has 1 aromatic rings. The van der Waals surface area contributed by atoms with E-state index in [-0.39, 0.29) is 4.88 Å². The van der Waals surface area contributed by atoms with Crippen molar-refractivity contribution >= 4 is 17.6 Å². The minimum atomic E-state index is -4.78. The van der Waals surface area contributed by atoms with Gasteiger partial charge < -0.3 is 5.11 Å². The van der Waals surface area contributed by atoms with E-state index in [1.54, 1.807) is 5.01 Å². The zero-order valence-corrected chi connectivity index (χ0v) is 10.3. The SMILES string of the molecule is OC(/C=N/N1CCCC1)(c1cccs1)C(F)(F)F. The van der Waals surface area contributed by atoms with Crippen molar-refractivity contribution in [3.63, 3.8) is 0 Å². The van der Waals surface area contributed by atoms with Crippen molar-refractivity contribution in [1.82, 2.24) is 5.01 Å². The van der Waals surface area contributed by atoms with Gasteiger partial charge in [0.25, 0.3) is 0 Å². The molecular weight excluding hydrogens is 265 g/mol. The van der Waals surface area contributed by atoms with Gasteiger partial charge in [-0.25, -0.2) is 0 Å². The molecule has 3 nitrogen and oxygen atoms in total. The summed E-state index contributed by atoms with van der Waals surface area (Å²) in [7, 11) is 0. The summed E-state index contributed by atoms with van der Waals surface area (Å²) in [5.41, 5.74) is -3.00. The third-order valence-corrected chi connectivity index (χ3v) is 3.81. The quantitative estimate of drug-likeness (QED) is 0.863. The first kappa shape index (κ1) is 13.4. The molecule has 1 atom stereocenters. The van der Waals surface area contributed by atoms with Crippen LogP contribution in [0.1, 0.15) is 17.7 Å². The number of alkyl halides is 3. The second kappa shape index (κ2) is 4.89. The fourth-order valence-corrected chi connectivity index (χ4v) is 2.56. The minimum Gasteiger partial charge on any atom is -0.371 e. The first-order chi connectivity index (χ1) is 8.43. The largest absolute Gasteiger partial charge is 0.427 e. The maximum atomic E-state index is 13.0. The summed E-state index contributed by atoms with van der Waals surface area (Å²) in [4.78, 5) is -0.169. The Morgan fingerprint density at radius 2 is 2.00 bits per heavy atom. The van der Waals surface area contributed by atoms with Crippen LogP contribution in [0.5, 0.6) is 0 Å². The van der Waals surface area contributed by atoms with Crippen molar-refractivity contribution in [1.29, 1.82) is 0 Å². The number of hydrogen-bond acceptors (Lipinski definition) is 4. The summed E-state index contributed by atoms with van der Waals surface area (Å²) in [5.74, 6) is 0. The zero-order valence-electron chi connectivity index (χ0n) is 9.52. The molecule has 0 bridgehead atoms. The van der Waals surface area contributed by atoms with Crippen molar-refractivity contribution in [2.24, 2.45) is 5.10 Å². The van der Waals surface area contributed by atoms with Crippen molar-refractivity contribution in [3.05, 3.63) is 22.4 Å². The summed E-state index contributed by atoms with van der Waals surface area (Å²) in [6.45, 7) is 1.27. The molecule has 0 amide bonds. The third-order valence-electron chi connectivity index (χ3n) is 2.82. The van der Waals surface area contributed by atoms with Gasteiger partial charge in [-0.05, 0) is 24.3 Å². The molecule has 0 radical (unpaired) electrons. The fraction of sp³-hybridized carbons (Fsp3) is 0.545. The van der Waals surface area contributed by atoms with E-state index in [0.717, 1.165) is 24.2 Å². The Balaban J connectivity index is 2.25. The van der Waals surface area contributed by atoms with Gasteiger partial charge >= 0.3 is 6.18 Å². The van der Waals surface area contributed by atoms with Gasteiger partial charge in [-0.1, -0.05) is 6.07 Å². The summed E-state index contributed by atoms with van der Waals surface area (Å²) in [6.07, 6.45) is -2.34. The van der Waals surface area contributed by atoms with E-state index in [9.17, 15) is 18.3 Å². The molecule has 0 spiro atoms. The van der Waals surface area contributed by atoms with Gasteiger partial charge in [-0.3, -0.25) is 5.01 Å². The van der Waals surface area contributed by atoms with Gasteiger partial charge in [0.1, 0.15) is 0 Å². The van der Waals surface area contributed by atoms with Crippen LogP contribution in [0, 0.1) is 0 Å². The number of hydrazone groups is 1. The lowest BCUT2D eigenvalue weighted by molar-refractivity contribution is -0.232. The Hall–Kier alpha value is -1.08. The monoisotopic (exact) mass is 278 g/mol. The number of thiophene rings is 1. The van der Waals surface area contributed by atoms with E-state index in [4.69, 9.17) is 0 Å². The number of rotatable bonds is 3. The number of halogens is 3. The highest BCUT2D eigenvalue weighted by Gasteiger charge is 2.55. The van der Waals surface area contributed by atoms with E-state index in [1.165, 1.54) is 17.5 Å². The van der Waals surface area contributed by atoms with E-state index < -0.39 is 11.8 Å². The van der Waals surface area contributed by atoms with Crippen LogP contribution < -0.4 is 0 Å². The second-order valence-electron chi connectivity index (χ2n) is 4.15. The van der Waals surface area contributed by atoms with Crippen molar-refractivity contribution in [2.75, 3.05) is 13.1 Å². The Morgan fingerprint density at radius 1 is 1.33 bits per heavy atom. The molecule has 1 fully saturated rings. The fourth-order valence-electron chi connectivity index (χ4n) is 1.75. The minimum absolute atomic E-state index is 0.169. The smallest absolute Gasteiger partial charge is 0.371 e. The maximum absolute atomic E-state index is 13.0. The highest BCUT2D eigenvalue weighted by molar-refractivity contribution is 7.10. The van der Waals surface area contributed by atoms with Crippen LogP contribution >= 0.6 is 11.3 Å². The average Bonchev–Trinajstić information content (AvgIpc) is 2.97. The zero-order chi connectivity index (χ0) is 13.2. The Labute approximate surface area is 107 Å². The topological polar surface area (TPSA) is 35.8 Å². The van der Waals surface area contributed by atoms with Crippen LogP contribution in [-0.2, 0) is 5.60 Å². The number of nitrogens with zero attached hydrogens (tertiary/aromatic N) is 2. The Morgan fingerprint density at radius 3 is 2.50 bits per heavy atom. The van der Waals surface area contributed by atoms with E-state index in [0.29, 0.717) is 19.3 Å². The van der Waals surface area contributed by atoms with E-state index >= 15 is 0 Å². The molecule has 7 heteroatoms. The number of aliphatic hydroxyl groups is 1. The van der Waals surface area contributed by atoms with Gasteiger partial charge in [0.2, 0.25) is 5.60 Å². The molecule has 0 saturated carbocycles. The molecule has 1 unspecified atom stereocenters. The standard InChI is InChI=1S/C11H13F3N2OS/c12-11(13,14)10(17,9-4-3-7-18-9)8-15-16-5-1-2-6-16/h3-4,7-8,17H,1-2,5-6H2/b15-8+. The highest BCUT2D eigenvalue weighted by atomic mass is 32.1. The first-order valence-corrected chi connectivity index (χ1v) is 6.44. The molecule has 1 aliphatic heterocycles. The molecule has 1 aliphatic rings. The van der Waals surface area contributed by atoms with Gasteiger partial charge in [-0.2, -0.15) is 18.3 Å². The van der Waals surface area contributed by atoms with Crippen LogP contribution in [0.3, 0.4) is 0 Å². The maximum Gasteiger partial charge on any atom is 0.427 e. The van der Waals surface area contributed by atoms with Gasteiger partial charge in [0, 0.05) is 13.1 Å². The van der Waals surface area contributed by atoms with Crippen LogP contribution in [0.15, 0.2) is 22.6 Å². The summed E-state index contributed by atoms with van der Waals surface area (Å²) in [6, 6.07) is 2.73. The normalized spacial score (nSPS) is 20.6. The molecule has 2 heterocycles. The van der Waals surface area contributed by atoms with E-state index in [1.807, 2.05) is 0 Å². The molecule has 1 aromatic heterocycles. The summed E-state index contributed by atoms with van der Waals surface area (Å²) >= 11 is 0.859. The van der Waals surface area contributed by atoms with Gasteiger partial charge in [-0.15, -0.1) is 11.3 Å². The molecule has 100 valence electrons. The third kappa shape index (κ3) is 2.51. The predicted octanol–water partition coefficient (Wildman–Crippen LogP) is 2.58. The molecule has 1 saturated heterocycles. The average molecular weight is 278 g/mol. The lowest BCUT2D eigenvalue weighted by Gasteiger charge is -2.26. The summed E-state index contributed by atoms with van der Waals surface area (Å²) < 4.78 is 39.0. The van der Waals surface area contributed by atoms with Crippen molar-refractivity contribution in [2.45, 2.75) is 24.6 Å². The molecule has 1 N–H and O–H groups in total. The van der Waals surface area contributed by atoms with E-state index in [2.05, 4.69) is 5.10 Å². The molecule has 0 aromatic carbocycles. The molecular formula is C11H13F3N2OS. The molecule has 2 rings (SSSR count). The van der Waals surface area contributed by atoms with Crippen LogP contribution in [-0.4, -0.2) is 35.6 Å².